The Morgan fingerprint density at radius 1 is 1.33 bits per heavy atom. The molecule has 1 rings (SSSR count). The first-order chi connectivity index (χ1) is 8.57. The Hall–Kier alpha value is -1.73. The molecule has 0 aliphatic carbocycles. The van der Waals surface area contributed by atoms with Crippen LogP contribution in [-0.4, -0.2) is 19.3 Å². The monoisotopic (exact) mass is 248 g/mol. The van der Waals surface area contributed by atoms with Crippen molar-refractivity contribution in [2.75, 3.05) is 13.7 Å². The zero-order valence-corrected chi connectivity index (χ0v) is 11.0. The van der Waals surface area contributed by atoms with E-state index < -0.39 is 5.54 Å². The van der Waals surface area contributed by atoms with Crippen LogP contribution in [0.25, 0.3) is 0 Å². The second-order valence-electron chi connectivity index (χ2n) is 4.51. The molecule has 0 saturated heterocycles. The summed E-state index contributed by atoms with van der Waals surface area (Å²) in [4.78, 5) is 0. The summed E-state index contributed by atoms with van der Waals surface area (Å²) >= 11 is 0. The Kier molecular flexibility index (Phi) is 5.47. The van der Waals surface area contributed by atoms with Gasteiger partial charge in [-0.3, -0.25) is 0 Å². The maximum atomic E-state index is 8.77. The highest BCUT2D eigenvalue weighted by atomic mass is 16.5. The number of nitriles is 1. The highest BCUT2D eigenvalue weighted by Gasteiger charge is 2.15. The molecule has 0 amide bonds. The molecule has 4 heteroatoms. The van der Waals surface area contributed by atoms with Crippen LogP contribution in [0.1, 0.15) is 26.2 Å². The summed E-state index contributed by atoms with van der Waals surface area (Å²) in [7, 11) is 1.63. The van der Waals surface area contributed by atoms with E-state index in [0.29, 0.717) is 13.0 Å². The largest absolute Gasteiger partial charge is 0.497 e. The SMILES string of the molecule is COc1cccc(OCCCCC(C)(N)C#N)c1. The van der Waals surface area contributed by atoms with Gasteiger partial charge in [-0.25, -0.2) is 0 Å². The fourth-order valence-electron chi connectivity index (χ4n) is 1.53. The number of unbranched alkanes of at least 4 members (excludes halogenated alkanes) is 1. The predicted octanol–water partition coefficient (Wildman–Crippen LogP) is 2.49. The van der Waals surface area contributed by atoms with E-state index in [0.717, 1.165) is 24.3 Å². The molecule has 18 heavy (non-hydrogen) atoms. The van der Waals surface area contributed by atoms with Crippen molar-refractivity contribution in [2.24, 2.45) is 5.73 Å². The summed E-state index contributed by atoms with van der Waals surface area (Å²) in [5, 5.41) is 8.77. The van der Waals surface area contributed by atoms with Crippen molar-refractivity contribution in [2.45, 2.75) is 31.7 Å². The van der Waals surface area contributed by atoms with Crippen molar-refractivity contribution in [3.8, 4) is 17.6 Å². The molecule has 4 nitrogen and oxygen atoms in total. The van der Waals surface area contributed by atoms with Crippen molar-refractivity contribution in [1.29, 1.82) is 5.26 Å². The van der Waals surface area contributed by atoms with Crippen LogP contribution in [0.2, 0.25) is 0 Å². The Morgan fingerprint density at radius 3 is 2.72 bits per heavy atom. The number of hydrogen-bond acceptors (Lipinski definition) is 4. The highest BCUT2D eigenvalue weighted by molar-refractivity contribution is 5.32. The van der Waals surface area contributed by atoms with Gasteiger partial charge in [0.05, 0.1) is 19.8 Å². The lowest BCUT2D eigenvalue weighted by molar-refractivity contribution is 0.298. The van der Waals surface area contributed by atoms with E-state index in [1.165, 1.54) is 0 Å². The van der Waals surface area contributed by atoms with Crippen LogP contribution in [0.4, 0.5) is 0 Å². The molecule has 1 unspecified atom stereocenters. The molecule has 0 spiro atoms. The van der Waals surface area contributed by atoms with Crippen LogP contribution in [0, 0.1) is 11.3 Å². The molecule has 1 aromatic carbocycles. The average molecular weight is 248 g/mol. The van der Waals surface area contributed by atoms with E-state index in [2.05, 4.69) is 6.07 Å². The molecule has 0 aliphatic rings. The van der Waals surface area contributed by atoms with Gasteiger partial charge in [-0.1, -0.05) is 6.07 Å². The van der Waals surface area contributed by atoms with Crippen molar-refractivity contribution in [1.82, 2.24) is 0 Å². The maximum absolute atomic E-state index is 8.77. The van der Waals surface area contributed by atoms with E-state index in [1.54, 1.807) is 14.0 Å². The Balaban J connectivity index is 2.24. The average Bonchev–Trinajstić information content (AvgIpc) is 2.38. The zero-order valence-electron chi connectivity index (χ0n) is 11.0. The molecule has 0 heterocycles. The van der Waals surface area contributed by atoms with Gasteiger partial charge in [-0.05, 0) is 38.3 Å². The van der Waals surface area contributed by atoms with Gasteiger partial charge in [0.1, 0.15) is 17.0 Å². The summed E-state index contributed by atoms with van der Waals surface area (Å²) < 4.78 is 10.7. The third-order valence-corrected chi connectivity index (χ3v) is 2.66. The lowest BCUT2D eigenvalue weighted by Crippen LogP contribution is -2.33. The van der Waals surface area contributed by atoms with E-state index in [4.69, 9.17) is 20.5 Å². The topological polar surface area (TPSA) is 68.3 Å². The smallest absolute Gasteiger partial charge is 0.122 e. The minimum absolute atomic E-state index is 0.620. The van der Waals surface area contributed by atoms with Crippen LogP contribution < -0.4 is 15.2 Å². The summed E-state index contributed by atoms with van der Waals surface area (Å²) in [6, 6.07) is 9.59. The van der Waals surface area contributed by atoms with Crippen molar-refractivity contribution in [3.63, 3.8) is 0 Å². The number of hydrogen-bond donors (Lipinski definition) is 1. The van der Waals surface area contributed by atoms with E-state index >= 15 is 0 Å². The van der Waals surface area contributed by atoms with Crippen LogP contribution in [-0.2, 0) is 0 Å². The zero-order chi connectivity index (χ0) is 13.4. The first kappa shape index (κ1) is 14.3. The van der Waals surface area contributed by atoms with E-state index in [-0.39, 0.29) is 0 Å². The number of benzene rings is 1. The number of methoxy groups -OCH3 is 1. The minimum atomic E-state index is -0.726. The number of rotatable bonds is 7. The Morgan fingerprint density at radius 2 is 2.06 bits per heavy atom. The lowest BCUT2D eigenvalue weighted by Gasteiger charge is -2.14. The van der Waals surface area contributed by atoms with Crippen molar-refractivity contribution in [3.05, 3.63) is 24.3 Å². The van der Waals surface area contributed by atoms with Gasteiger partial charge in [0.25, 0.3) is 0 Å². The third kappa shape index (κ3) is 5.07. The highest BCUT2D eigenvalue weighted by Crippen LogP contribution is 2.19. The van der Waals surface area contributed by atoms with Crippen LogP contribution in [0.3, 0.4) is 0 Å². The van der Waals surface area contributed by atoms with Crippen molar-refractivity contribution >= 4 is 0 Å². The van der Waals surface area contributed by atoms with Crippen molar-refractivity contribution < 1.29 is 9.47 Å². The molecule has 0 aliphatic heterocycles. The standard InChI is InChI=1S/C14H20N2O2/c1-14(16,11-15)8-3-4-9-18-13-7-5-6-12(10-13)17-2/h5-7,10H,3-4,8-9,16H2,1-2H3. The second kappa shape index (κ2) is 6.87. The predicted molar refractivity (Wildman–Crippen MR) is 70.5 cm³/mol. The van der Waals surface area contributed by atoms with Crippen LogP contribution in [0.5, 0.6) is 11.5 Å². The normalized spacial score (nSPS) is 13.4. The minimum Gasteiger partial charge on any atom is -0.497 e. The number of ether oxygens (including phenoxy) is 2. The molecule has 0 radical (unpaired) electrons. The molecule has 0 saturated carbocycles. The van der Waals surface area contributed by atoms with Crippen LogP contribution >= 0.6 is 0 Å². The van der Waals surface area contributed by atoms with Gasteiger partial charge in [0.15, 0.2) is 0 Å². The first-order valence-electron chi connectivity index (χ1n) is 6.04. The fourth-order valence-corrected chi connectivity index (χ4v) is 1.53. The third-order valence-electron chi connectivity index (χ3n) is 2.66. The quantitative estimate of drug-likeness (QED) is 0.753. The second-order valence-corrected chi connectivity index (χ2v) is 4.51. The number of nitrogens with two attached hydrogens (primary N) is 1. The van der Waals surface area contributed by atoms with Gasteiger partial charge in [-0.15, -0.1) is 0 Å². The molecule has 1 atom stereocenters. The molecule has 98 valence electrons. The van der Waals surface area contributed by atoms with E-state index in [9.17, 15) is 0 Å². The maximum Gasteiger partial charge on any atom is 0.122 e. The van der Waals surface area contributed by atoms with Gasteiger partial charge in [0, 0.05) is 6.07 Å². The summed E-state index contributed by atoms with van der Waals surface area (Å²) in [6.45, 7) is 2.37. The molecule has 0 bridgehead atoms. The molecular formula is C14H20N2O2. The van der Waals surface area contributed by atoms with Crippen LogP contribution in [0.15, 0.2) is 24.3 Å². The van der Waals surface area contributed by atoms with Gasteiger partial charge in [0.2, 0.25) is 0 Å². The molecule has 0 aromatic heterocycles. The molecule has 0 fully saturated rings. The Labute approximate surface area is 108 Å². The fraction of sp³-hybridized carbons (Fsp3) is 0.500. The summed E-state index contributed by atoms with van der Waals surface area (Å²) in [6.07, 6.45) is 2.45. The van der Waals surface area contributed by atoms with Gasteiger partial charge >= 0.3 is 0 Å². The lowest BCUT2D eigenvalue weighted by atomic mass is 9.98. The molecule has 1 aromatic rings. The van der Waals surface area contributed by atoms with Gasteiger partial charge < -0.3 is 15.2 Å². The first-order valence-corrected chi connectivity index (χ1v) is 6.04. The molecular weight excluding hydrogens is 228 g/mol. The Bertz CT molecular complexity index is 411. The summed E-state index contributed by atoms with van der Waals surface area (Å²) in [5.41, 5.74) is 5.00. The summed E-state index contributed by atoms with van der Waals surface area (Å²) in [5.74, 6) is 1.58. The van der Waals surface area contributed by atoms with Gasteiger partial charge in [-0.2, -0.15) is 5.26 Å². The van der Waals surface area contributed by atoms with E-state index in [1.807, 2.05) is 24.3 Å². The molecule has 2 N–H and O–H groups in total. The number of nitrogens with zero attached hydrogens (tertiary/aromatic N) is 1.